The van der Waals surface area contributed by atoms with Gasteiger partial charge >= 0.3 is 0 Å². The number of amides is 1. The van der Waals surface area contributed by atoms with Crippen molar-refractivity contribution >= 4 is 17.2 Å². The van der Waals surface area contributed by atoms with Crippen LogP contribution >= 0.6 is 11.3 Å². The molecule has 1 rings (SSSR count). The van der Waals surface area contributed by atoms with Gasteiger partial charge in [0.15, 0.2) is 0 Å². The Bertz CT molecular complexity index is 320. The van der Waals surface area contributed by atoms with E-state index in [-0.39, 0.29) is 11.3 Å². The molecule has 0 aliphatic heterocycles. The van der Waals surface area contributed by atoms with Crippen molar-refractivity contribution in [3.63, 3.8) is 0 Å². The normalized spacial score (nSPS) is 11.4. The van der Waals surface area contributed by atoms with Crippen molar-refractivity contribution in [1.82, 2.24) is 5.32 Å². The number of rotatable bonds is 6. The Morgan fingerprint density at radius 2 is 2.31 bits per heavy atom. The van der Waals surface area contributed by atoms with Crippen LogP contribution < -0.4 is 11.1 Å². The molecule has 0 radical (unpaired) electrons. The molecule has 4 heteroatoms. The minimum Gasteiger partial charge on any atom is -0.356 e. The molecule has 0 bridgehead atoms. The van der Waals surface area contributed by atoms with Crippen LogP contribution in [0.15, 0.2) is 17.5 Å². The standard InChI is InChI=1S/C12H20N2OS/c1-12(2,9-13)8-11(15)14-6-5-10-4-3-7-16-10/h3-4,7H,5-6,8-9,13H2,1-2H3,(H,14,15). The lowest BCUT2D eigenvalue weighted by Gasteiger charge is -2.21. The molecular weight excluding hydrogens is 220 g/mol. The van der Waals surface area contributed by atoms with Gasteiger partial charge in [-0.25, -0.2) is 0 Å². The van der Waals surface area contributed by atoms with Gasteiger partial charge in [-0.3, -0.25) is 4.79 Å². The molecule has 3 N–H and O–H groups in total. The Labute approximate surface area is 101 Å². The van der Waals surface area contributed by atoms with Gasteiger partial charge in [-0.05, 0) is 29.8 Å². The van der Waals surface area contributed by atoms with Crippen molar-refractivity contribution in [2.75, 3.05) is 13.1 Å². The van der Waals surface area contributed by atoms with Crippen LogP contribution in [-0.4, -0.2) is 19.0 Å². The number of nitrogens with two attached hydrogens (primary N) is 1. The van der Waals surface area contributed by atoms with E-state index in [1.54, 1.807) is 11.3 Å². The lowest BCUT2D eigenvalue weighted by molar-refractivity contribution is -0.122. The molecule has 16 heavy (non-hydrogen) atoms. The fourth-order valence-electron chi connectivity index (χ4n) is 1.35. The Morgan fingerprint density at radius 1 is 1.56 bits per heavy atom. The summed E-state index contributed by atoms with van der Waals surface area (Å²) < 4.78 is 0. The maximum absolute atomic E-state index is 11.6. The summed E-state index contributed by atoms with van der Waals surface area (Å²) in [6.07, 6.45) is 1.40. The predicted octanol–water partition coefficient (Wildman–Crippen LogP) is 1.78. The zero-order chi connectivity index (χ0) is 12.0. The van der Waals surface area contributed by atoms with E-state index < -0.39 is 0 Å². The number of nitrogens with one attached hydrogen (secondary N) is 1. The number of carbonyl (C=O) groups excluding carboxylic acids is 1. The van der Waals surface area contributed by atoms with Crippen LogP contribution in [-0.2, 0) is 11.2 Å². The minimum atomic E-state index is -0.104. The summed E-state index contributed by atoms with van der Waals surface area (Å²) in [6.45, 7) is 5.25. The van der Waals surface area contributed by atoms with Gasteiger partial charge in [0.2, 0.25) is 5.91 Å². The topological polar surface area (TPSA) is 55.1 Å². The average molecular weight is 240 g/mol. The molecule has 1 aromatic heterocycles. The Kier molecular flexibility index (Phi) is 4.96. The predicted molar refractivity (Wildman–Crippen MR) is 68.5 cm³/mol. The first-order valence-corrected chi connectivity index (χ1v) is 6.40. The van der Waals surface area contributed by atoms with Crippen molar-refractivity contribution in [2.45, 2.75) is 26.7 Å². The number of hydrogen-bond donors (Lipinski definition) is 2. The molecule has 1 heterocycles. The Hall–Kier alpha value is -0.870. The zero-order valence-electron chi connectivity index (χ0n) is 9.95. The van der Waals surface area contributed by atoms with Crippen LogP contribution in [0.4, 0.5) is 0 Å². The summed E-state index contributed by atoms with van der Waals surface area (Å²) in [5.41, 5.74) is 5.48. The van der Waals surface area contributed by atoms with E-state index in [1.165, 1.54) is 4.88 Å². The monoisotopic (exact) mass is 240 g/mol. The summed E-state index contributed by atoms with van der Waals surface area (Å²) >= 11 is 1.72. The maximum Gasteiger partial charge on any atom is 0.220 e. The van der Waals surface area contributed by atoms with Crippen molar-refractivity contribution in [1.29, 1.82) is 0 Å². The van der Waals surface area contributed by atoms with Crippen LogP contribution in [0.1, 0.15) is 25.1 Å². The molecule has 90 valence electrons. The molecular formula is C12H20N2OS. The third-order valence-corrected chi connectivity index (χ3v) is 3.40. The molecule has 0 aliphatic carbocycles. The van der Waals surface area contributed by atoms with Crippen molar-refractivity contribution in [3.05, 3.63) is 22.4 Å². The number of carbonyl (C=O) groups is 1. The molecule has 0 spiro atoms. The maximum atomic E-state index is 11.6. The first-order valence-electron chi connectivity index (χ1n) is 5.53. The van der Waals surface area contributed by atoms with Gasteiger partial charge in [0.1, 0.15) is 0 Å². The number of thiophene rings is 1. The fourth-order valence-corrected chi connectivity index (χ4v) is 2.06. The molecule has 3 nitrogen and oxygen atoms in total. The third kappa shape index (κ3) is 4.77. The van der Waals surface area contributed by atoms with Gasteiger partial charge in [0, 0.05) is 17.8 Å². The van der Waals surface area contributed by atoms with E-state index in [0.717, 1.165) is 6.42 Å². The smallest absolute Gasteiger partial charge is 0.220 e. The molecule has 0 saturated carbocycles. The van der Waals surface area contributed by atoms with E-state index in [1.807, 2.05) is 19.9 Å². The molecule has 0 aliphatic rings. The quantitative estimate of drug-likeness (QED) is 0.796. The van der Waals surface area contributed by atoms with E-state index >= 15 is 0 Å². The highest BCUT2D eigenvalue weighted by Gasteiger charge is 2.19. The van der Waals surface area contributed by atoms with Crippen LogP contribution in [0, 0.1) is 5.41 Å². The molecule has 1 amide bonds. The van der Waals surface area contributed by atoms with Gasteiger partial charge < -0.3 is 11.1 Å². The summed E-state index contributed by atoms with van der Waals surface area (Å²) in [5, 5.41) is 4.97. The second-order valence-electron chi connectivity index (χ2n) is 4.72. The average Bonchev–Trinajstić information content (AvgIpc) is 2.70. The summed E-state index contributed by atoms with van der Waals surface area (Å²) in [7, 11) is 0. The second kappa shape index (κ2) is 6.01. The SMILES string of the molecule is CC(C)(CN)CC(=O)NCCc1cccs1. The van der Waals surface area contributed by atoms with E-state index in [9.17, 15) is 4.79 Å². The molecule has 0 atom stereocenters. The van der Waals surface area contributed by atoms with Crippen LogP contribution in [0.3, 0.4) is 0 Å². The van der Waals surface area contributed by atoms with Gasteiger partial charge in [-0.1, -0.05) is 19.9 Å². The molecule has 0 fully saturated rings. The summed E-state index contributed by atoms with van der Waals surface area (Å²) in [6, 6.07) is 4.11. The summed E-state index contributed by atoms with van der Waals surface area (Å²) in [4.78, 5) is 12.9. The van der Waals surface area contributed by atoms with E-state index in [2.05, 4.69) is 16.8 Å². The lowest BCUT2D eigenvalue weighted by atomic mass is 9.89. The van der Waals surface area contributed by atoms with Gasteiger partial charge in [-0.15, -0.1) is 11.3 Å². The van der Waals surface area contributed by atoms with Crippen LogP contribution in [0.5, 0.6) is 0 Å². The highest BCUT2D eigenvalue weighted by atomic mass is 32.1. The van der Waals surface area contributed by atoms with E-state index in [4.69, 9.17) is 5.73 Å². The van der Waals surface area contributed by atoms with Crippen LogP contribution in [0.2, 0.25) is 0 Å². The van der Waals surface area contributed by atoms with Crippen molar-refractivity contribution in [3.8, 4) is 0 Å². The highest BCUT2D eigenvalue weighted by Crippen LogP contribution is 2.17. The first-order chi connectivity index (χ1) is 7.53. The highest BCUT2D eigenvalue weighted by molar-refractivity contribution is 7.09. The molecule has 0 aromatic carbocycles. The molecule has 0 saturated heterocycles. The fraction of sp³-hybridized carbons (Fsp3) is 0.583. The summed E-state index contributed by atoms with van der Waals surface area (Å²) in [5.74, 6) is 0.0898. The first kappa shape index (κ1) is 13.2. The van der Waals surface area contributed by atoms with Gasteiger partial charge in [-0.2, -0.15) is 0 Å². The largest absolute Gasteiger partial charge is 0.356 e. The molecule has 1 aromatic rings. The van der Waals surface area contributed by atoms with Gasteiger partial charge in [0.25, 0.3) is 0 Å². The Morgan fingerprint density at radius 3 is 2.88 bits per heavy atom. The minimum absolute atomic E-state index is 0.0898. The third-order valence-electron chi connectivity index (χ3n) is 2.47. The van der Waals surface area contributed by atoms with Gasteiger partial charge in [0.05, 0.1) is 0 Å². The van der Waals surface area contributed by atoms with Crippen molar-refractivity contribution < 1.29 is 4.79 Å². The zero-order valence-corrected chi connectivity index (χ0v) is 10.8. The Balaban J connectivity index is 2.20. The number of hydrogen-bond acceptors (Lipinski definition) is 3. The second-order valence-corrected chi connectivity index (χ2v) is 5.76. The lowest BCUT2D eigenvalue weighted by Crippen LogP contribution is -2.33. The van der Waals surface area contributed by atoms with Crippen LogP contribution in [0.25, 0.3) is 0 Å². The van der Waals surface area contributed by atoms with Crippen molar-refractivity contribution in [2.24, 2.45) is 11.1 Å². The van der Waals surface area contributed by atoms with E-state index in [0.29, 0.717) is 19.5 Å². The molecule has 0 unspecified atom stereocenters.